The van der Waals surface area contributed by atoms with Crippen LogP contribution in [-0.2, 0) is 17.9 Å². The smallest absolute Gasteiger partial charge is 0.341 e. The van der Waals surface area contributed by atoms with Crippen LogP contribution in [0.2, 0.25) is 0 Å². The Bertz CT molecular complexity index is 612. The average molecular weight is 278 g/mol. The molecule has 7 heteroatoms. The number of nitrogens with two attached hydrogens (primary N) is 1. The number of nitrogens with zero attached hydrogens (tertiary/aromatic N) is 3. The van der Waals surface area contributed by atoms with Crippen molar-refractivity contribution in [2.24, 2.45) is 0 Å². The minimum Gasteiger partial charge on any atom is -0.454 e. The van der Waals surface area contributed by atoms with E-state index in [2.05, 4.69) is 10.1 Å². The molecule has 0 aliphatic rings. The van der Waals surface area contributed by atoms with Crippen LogP contribution < -0.4 is 5.73 Å². The number of benzene rings is 1. The zero-order valence-corrected chi connectivity index (χ0v) is 11.0. The van der Waals surface area contributed by atoms with Crippen LogP contribution in [0.15, 0.2) is 24.5 Å². The molecule has 20 heavy (non-hydrogen) atoms. The van der Waals surface area contributed by atoms with Crippen molar-refractivity contribution < 1.29 is 13.9 Å². The predicted molar refractivity (Wildman–Crippen MR) is 70.2 cm³/mol. The molecular weight excluding hydrogens is 263 g/mol. The van der Waals surface area contributed by atoms with Crippen LogP contribution in [0.25, 0.3) is 0 Å². The molecule has 2 rings (SSSR count). The number of anilines is 1. The molecule has 1 aromatic heterocycles. The first-order valence-corrected chi connectivity index (χ1v) is 6.20. The minimum atomic E-state index is -0.756. The van der Waals surface area contributed by atoms with E-state index in [9.17, 15) is 9.18 Å². The second-order valence-electron chi connectivity index (χ2n) is 4.21. The molecule has 0 radical (unpaired) electrons. The summed E-state index contributed by atoms with van der Waals surface area (Å²) in [7, 11) is 0. The summed E-state index contributed by atoms with van der Waals surface area (Å²) in [5, 5.41) is 4.01. The van der Waals surface area contributed by atoms with Gasteiger partial charge in [0.1, 0.15) is 12.1 Å². The minimum absolute atomic E-state index is 0.0529. The Kier molecular flexibility index (Phi) is 4.29. The van der Waals surface area contributed by atoms with Gasteiger partial charge in [-0.3, -0.25) is 0 Å². The van der Waals surface area contributed by atoms with Gasteiger partial charge in [-0.05, 0) is 24.6 Å². The summed E-state index contributed by atoms with van der Waals surface area (Å²) in [6, 6.07) is 3.82. The highest BCUT2D eigenvalue weighted by atomic mass is 19.1. The van der Waals surface area contributed by atoms with Crippen molar-refractivity contribution in [3.8, 4) is 0 Å². The molecule has 0 bridgehead atoms. The Hall–Kier alpha value is -2.44. The summed E-state index contributed by atoms with van der Waals surface area (Å²) >= 11 is 0. The first kappa shape index (κ1) is 14.0. The lowest BCUT2D eigenvalue weighted by molar-refractivity contribution is 0.0451. The molecule has 0 amide bonds. The van der Waals surface area contributed by atoms with E-state index in [1.165, 1.54) is 18.5 Å². The van der Waals surface area contributed by atoms with Gasteiger partial charge in [0, 0.05) is 12.2 Å². The van der Waals surface area contributed by atoms with Crippen molar-refractivity contribution in [3.05, 3.63) is 41.7 Å². The Morgan fingerprint density at radius 2 is 2.30 bits per heavy atom. The van der Waals surface area contributed by atoms with Gasteiger partial charge in [0.05, 0.1) is 5.56 Å². The van der Waals surface area contributed by atoms with Crippen molar-refractivity contribution in [2.45, 2.75) is 26.5 Å². The number of rotatable bonds is 5. The van der Waals surface area contributed by atoms with E-state index in [0.29, 0.717) is 12.4 Å². The third kappa shape index (κ3) is 3.11. The maximum Gasteiger partial charge on any atom is 0.341 e. The molecule has 1 aromatic carbocycles. The van der Waals surface area contributed by atoms with E-state index in [4.69, 9.17) is 10.5 Å². The van der Waals surface area contributed by atoms with Gasteiger partial charge in [0.2, 0.25) is 0 Å². The molecule has 0 spiro atoms. The molecule has 0 unspecified atom stereocenters. The summed E-state index contributed by atoms with van der Waals surface area (Å²) < 4.78 is 20.2. The Morgan fingerprint density at radius 3 is 3.00 bits per heavy atom. The summed E-state index contributed by atoms with van der Waals surface area (Å²) in [5.74, 6) is -0.936. The number of ether oxygens (including phenoxy) is 1. The Labute approximate surface area is 115 Å². The normalized spacial score (nSPS) is 10.5. The van der Waals surface area contributed by atoms with Crippen LogP contribution in [0.5, 0.6) is 0 Å². The molecule has 0 atom stereocenters. The van der Waals surface area contributed by atoms with Crippen molar-refractivity contribution in [1.29, 1.82) is 0 Å². The van der Waals surface area contributed by atoms with Gasteiger partial charge >= 0.3 is 5.97 Å². The lowest BCUT2D eigenvalue weighted by Crippen LogP contribution is -2.12. The maximum atomic E-state index is 13.6. The van der Waals surface area contributed by atoms with Crippen LogP contribution in [-0.4, -0.2) is 20.7 Å². The number of aryl methyl sites for hydroxylation is 1. The van der Waals surface area contributed by atoms with E-state index in [-0.39, 0.29) is 17.9 Å². The van der Waals surface area contributed by atoms with Gasteiger partial charge < -0.3 is 10.5 Å². The van der Waals surface area contributed by atoms with Crippen LogP contribution in [0.1, 0.15) is 29.5 Å². The number of halogens is 1. The SMILES string of the molecule is CCCn1ncnc1COC(=O)c1ccc(N)cc1F. The monoisotopic (exact) mass is 278 g/mol. The summed E-state index contributed by atoms with van der Waals surface area (Å²) in [4.78, 5) is 15.8. The average Bonchev–Trinajstić information content (AvgIpc) is 2.84. The molecule has 0 aliphatic heterocycles. The summed E-state index contributed by atoms with van der Waals surface area (Å²) in [5.41, 5.74) is 5.52. The molecule has 1 heterocycles. The Balaban J connectivity index is 2.03. The fourth-order valence-corrected chi connectivity index (χ4v) is 1.70. The molecule has 0 fully saturated rings. The molecule has 6 nitrogen and oxygen atoms in total. The third-order valence-electron chi connectivity index (χ3n) is 2.68. The molecule has 0 saturated heterocycles. The van der Waals surface area contributed by atoms with Crippen LogP contribution in [0, 0.1) is 5.82 Å². The van der Waals surface area contributed by atoms with Gasteiger partial charge in [0.25, 0.3) is 0 Å². The number of hydrogen-bond acceptors (Lipinski definition) is 5. The fourth-order valence-electron chi connectivity index (χ4n) is 1.70. The number of carbonyl (C=O) groups is 1. The largest absolute Gasteiger partial charge is 0.454 e. The molecule has 2 N–H and O–H groups in total. The van der Waals surface area contributed by atoms with Gasteiger partial charge in [-0.2, -0.15) is 5.10 Å². The Morgan fingerprint density at radius 1 is 1.50 bits per heavy atom. The van der Waals surface area contributed by atoms with E-state index >= 15 is 0 Å². The lowest BCUT2D eigenvalue weighted by atomic mass is 10.2. The molecular formula is C13H15FN4O2. The number of hydrogen-bond donors (Lipinski definition) is 1. The second-order valence-corrected chi connectivity index (χ2v) is 4.21. The zero-order chi connectivity index (χ0) is 14.5. The van der Waals surface area contributed by atoms with E-state index < -0.39 is 11.8 Å². The first-order valence-electron chi connectivity index (χ1n) is 6.20. The highest BCUT2D eigenvalue weighted by molar-refractivity contribution is 5.90. The molecule has 106 valence electrons. The van der Waals surface area contributed by atoms with Crippen molar-refractivity contribution in [3.63, 3.8) is 0 Å². The van der Waals surface area contributed by atoms with Gasteiger partial charge in [0.15, 0.2) is 12.4 Å². The molecule has 0 saturated carbocycles. The van der Waals surface area contributed by atoms with Crippen molar-refractivity contribution >= 4 is 11.7 Å². The number of aromatic nitrogens is 3. The maximum absolute atomic E-state index is 13.6. The number of nitrogen functional groups attached to an aromatic ring is 1. The van der Waals surface area contributed by atoms with E-state index in [0.717, 1.165) is 12.5 Å². The van der Waals surface area contributed by atoms with Gasteiger partial charge in [-0.15, -0.1) is 0 Å². The van der Waals surface area contributed by atoms with E-state index in [1.54, 1.807) is 4.68 Å². The number of carbonyl (C=O) groups excluding carboxylic acids is 1. The van der Waals surface area contributed by atoms with Crippen LogP contribution in [0.3, 0.4) is 0 Å². The van der Waals surface area contributed by atoms with Crippen LogP contribution in [0.4, 0.5) is 10.1 Å². The standard InChI is InChI=1S/C13H15FN4O2/c1-2-5-18-12(16-8-17-18)7-20-13(19)10-4-3-9(15)6-11(10)14/h3-4,6,8H,2,5,7,15H2,1H3. The van der Waals surface area contributed by atoms with E-state index in [1.807, 2.05) is 6.92 Å². The zero-order valence-electron chi connectivity index (χ0n) is 11.0. The third-order valence-corrected chi connectivity index (χ3v) is 2.68. The number of esters is 1. The second kappa shape index (κ2) is 6.14. The summed E-state index contributed by atoms with van der Waals surface area (Å²) in [6.07, 6.45) is 2.28. The fraction of sp³-hybridized carbons (Fsp3) is 0.308. The van der Waals surface area contributed by atoms with Gasteiger partial charge in [-0.1, -0.05) is 6.92 Å². The molecule has 2 aromatic rings. The summed E-state index contributed by atoms with van der Waals surface area (Å²) in [6.45, 7) is 2.63. The lowest BCUT2D eigenvalue weighted by Gasteiger charge is -2.07. The van der Waals surface area contributed by atoms with Crippen molar-refractivity contribution in [2.75, 3.05) is 5.73 Å². The highest BCUT2D eigenvalue weighted by Gasteiger charge is 2.14. The van der Waals surface area contributed by atoms with Crippen molar-refractivity contribution in [1.82, 2.24) is 14.8 Å². The first-order chi connectivity index (χ1) is 9.61. The highest BCUT2D eigenvalue weighted by Crippen LogP contribution is 2.13. The predicted octanol–water partition coefficient (Wildman–Crippen LogP) is 1.77. The molecule has 0 aliphatic carbocycles. The van der Waals surface area contributed by atoms with Gasteiger partial charge in [-0.25, -0.2) is 18.9 Å². The topological polar surface area (TPSA) is 83.0 Å². The van der Waals surface area contributed by atoms with Crippen LogP contribution >= 0.6 is 0 Å². The quantitative estimate of drug-likeness (QED) is 0.665.